The molecule has 0 spiro atoms. The SMILES string of the molecule is C.C.C.C.C.C.C.C.CCCCCc1cc(O)c2c(c1)OC(C)(CCC=C(C)C)C=C2. The van der Waals surface area contributed by atoms with Crippen LogP contribution < -0.4 is 4.74 Å². The van der Waals surface area contributed by atoms with Gasteiger partial charge < -0.3 is 9.84 Å². The van der Waals surface area contributed by atoms with Gasteiger partial charge in [-0.3, -0.25) is 0 Å². The summed E-state index contributed by atoms with van der Waals surface area (Å²) in [6.45, 7) is 8.56. The minimum atomic E-state index is -0.298. The van der Waals surface area contributed by atoms with Crippen molar-refractivity contribution in [2.45, 2.75) is 131 Å². The van der Waals surface area contributed by atoms with Gasteiger partial charge in [0.25, 0.3) is 0 Å². The zero-order chi connectivity index (χ0) is 16.9. The number of aryl methyl sites for hydroxylation is 1. The molecule has 0 saturated heterocycles. The fourth-order valence-corrected chi connectivity index (χ4v) is 2.97. The van der Waals surface area contributed by atoms with E-state index >= 15 is 0 Å². The summed E-state index contributed by atoms with van der Waals surface area (Å²) in [5.41, 5.74) is 3.01. The predicted octanol–water partition coefficient (Wildman–Crippen LogP) is 11.1. The molecule has 1 aliphatic heterocycles. The molecule has 31 heavy (non-hydrogen) atoms. The van der Waals surface area contributed by atoms with E-state index in [9.17, 15) is 5.11 Å². The number of allylic oxidation sites excluding steroid dienone is 2. The molecule has 0 fully saturated rings. The number of rotatable bonds is 7. The van der Waals surface area contributed by atoms with Crippen LogP contribution in [0.25, 0.3) is 6.08 Å². The molecule has 2 heteroatoms. The first-order valence-corrected chi connectivity index (χ1v) is 8.81. The van der Waals surface area contributed by atoms with Crippen molar-refractivity contribution in [3.05, 3.63) is 41.0 Å². The molecule has 190 valence electrons. The van der Waals surface area contributed by atoms with E-state index in [-0.39, 0.29) is 65.0 Å². The third kappa shape index (κ3) is 14.1. The molecule has 1 aliphatic rings. The second-order valence-electron chi connectivity index (χ2n) is 7.05. The van der Waals surface area contributed by atoms with Crippen LogP contribution in [0.4, 0.5) is 0 Å². The van der Waals surface area contributed by atoms with E-state index < -0.39 is 0 Å². The molecule has 1 aromatic carbocycles. The van der Waals surface area contributed by atoms with Gasteiger partial charge in [0, 0.05) is 0 Å². The Labute approximate surface area is 199 Å². The van der Waals surface area contributed by atoms with Gasteiger partial charge in [-0.2, -0.15) is 0 Å². The van der Waals surface area contributed by atoms with E-state index in [0.717, 1.165) is 42.6 Å². The van der Waals surface area contributed by atoms with Gasteiger partial charge in [0.1, 0.15) is 17.1 Å². The van der Waals surface area contributed by atoms with Crippen molar-refractivity contribution in [3.8, 4) is 11.5 Å². The monoisotopic (exact) mass is 442 g/mol. The molecule has 0 aromatic heterocycles. The summed E-state index contributed by atoms with van der Waals surface area (Å²) < 4.78 is 6.25. The van der Waals surface area contributed by atoms with Crippen LogP contribution in [0.5, 0.6) is 11.5 Å². The number of aromatic hydroxyl groups is 1. The zero-order valence-corrected chi connectivity index (χ0v) is 15.0. The highest BCUT2D eigenvalue weighted by molar-refractivity contribution is 5.67. The Balaban J connectivity index is -0.000000144. The zero-order valence-electron chi connectivity index (χ0n) is 15.0. The Hall–Kier alpha value is -1.70. The summed E-state index contributed by atoms with van der Waals surface area (Å²) in [7, 11) is 0. The number of hydrogen-bond donors (Lipinski definition) is 1. The lowest BCUT2D eigenvalue weighted by Gasteiger charge is -2.32. The highest BCUT2D eigenvalue weighted by Crippen LogP contribution is 2.39. The maximum absolute atomic E-state index is 10.3. The summed E-state index contributed by atoms with van der Waals surface area (Å²) in [6.07, 6.45) is 12.8. The van der Waals surface area contributed by atoms with Crippen molar-refractivity contribution in [2.24, 2.45) is 0 Å². The fourth-order valence-electron chi connectivity index (χ4n) is 2.97. The third-order valence-corrected chi connectivity index (χ3v) is 4.39. The maximum Gasteiger partial charge on any atom is 0.131 e. The van der Waals surface area contributed by atoms with Crippen LogP contribution in [0.1, 0.15) is 130 Å². The van der Waals surface area contributed by atoms with Crippen LogP contribution >= 0.6 is 0 Å². The standard InChI is InChI=1S/C21H30O2.8CH4/c1-5-6-7-10-17-14-19(22)18-11-13-21(4,23-20(18)15-17)12-8-9-16(2)3;;;;;;;;/h9,11,13-15,22H,5-8,10,12H2,1-4H3;8*1H4. The van der Waals surface area contributed by atoms with E-state index in [1.807, 2.05) is 12.1 Å². The topological polar surface area (TPSA) is 29.5 Å². The van der Waals surface area contributed by atoms with Gasteiger partial charge in [-0.15, -0.1) is 0 Å². The number of unbranched alkanes of at least 4 members (excludes halogenated alkanes) is 2. The fraction of sp³-hybridized carbons (Fsp3) is 0.655. The summed E-state index contributed by atoms with van der Waals surface area (Å²) in [6, 6.07) is 3.99. The van der Waals surface area contributed by atoms with Crippen molar-refractivity contribution >= 4 is 6.08 Å². The molecule has 0 bridgehead atoms. The van der Waals surface area contributed by atoms with E-state index in [1.165, 1.54) is 18.4 Å². The van der Waals surface area contributed by atoms with Crippen LogP contribution in [-0.2, 0) is 6.42 Å². The quantitative estimate of drug-likeness (QED) is 0.336. The van der Waals surface area contributed by atoms with E-state index in [4.69, 9.17) is 4.74 Å². The molecule has 1 atom stereocenters. The Morgan fingerprint density at radius 3 is 2.06 bits per heavy atom. The summed E-state index contributed by atoms with van der Waals surface area (Å²) in [5, 5.41) is 10.3. The van der Waals surface area contributed by atoms with Gasteiger partial charge in [0.2, 0.25) is 0 Å². The predicted molar refractivity (Wildman–Crippen MR) is 152 cm³/mol. The molecule has 0 amide bonds. The molecule has 2 nitrogen and oxygen atoms in total. The molecule has 1 heterocycles. The minimum absolute atomic E-state index is 0. The van der Waals surface area contributed by atoms with Crippen LogP contribution in [-0.4, -0.2) is 10.7 Å². The van der Waals surface area contributed by atoms with Crippen molar-refractivity contribution in [1.29, 1.82) is 0 Å². The van der Waals surface area contributed by atoms with Crippen LogP contribution in [0, 0.1) is 0 Å². The average Bonchev–Trinajstić information content (AvgIpc) is 2.46. The van der Waals surface area contributed by atoms with Gasteiger partial charge in [-0.05, 0) is 76.3 Å². The largest absolute Gasteiger partial charge is 0.507 e. The number of benzene rings is 1. The summed E-state index contributed by atoms with van der Waals surface area (Å²) >= 11 is 0. The van der Waals surface area contributed by atoms with Crippen LogP contribution in [0.2, 0.25) is 0 Å². The van der Waals surface area contributed by atoms with Crippen LogP contribution in [0.3, 0.4) is 0 Å². The number of phenolic OH excluding ortho intramolecular Hbond substituents is 1. The second-order valence-corrected chi connectivity index (χ2v) is 7.05. The van der Waals surface area contributed by atoms with Crippen molar-refractivity contribution in [2.75, 3.05) is 0 Å². The average molecular weight is 443 g/mol. The molecule has 2 rings (SSSR count). The van der Waals surface area contributed by atoms with Gasteiger partial charge in [0.05, 0.1) is 5.56 Å². The highest BCUT2D eigenvalue weighted by Gasteiger charge is 2.28. The van der Waals surface area contributed by atoms with Gasteiger partial charge >= 0.3 is 0 Å². The Morgan fingerprint density at radius 2 is 1.55 bits per heavy atom. The number of fused-ring (bicyclic) bond motifs is 1. The molecule has 0 radical (unpaired) electrons. The number of phenols is 1. The molecular weight excluding hydrogens is 380 g/mol. The Kier molecular flexibility index (Phi) is 32.8. The first-order chi connectivity index (χ1) is 10.9. The summed E-state index contributed by atoms with van der Waals surface area (Å²) in [4.78, 5) is 0. The van der Waals surface area contributed by atoms with E-state index in [0.29, 0.717) is 5.75 Å². The third-order valence-electron chi connectivity index (χ3n) is 4.39. The normalized spacial score (nSPS) is 14.2. The minimum Gasteiger partial charge on any atom is -0.507 e. The lowest BCUT2D eigenvalue weighted by atomic mass is 9.93. The lowest BCUT2D eigenvalue weighted by molar-refractivity contribution is 0.128. The maximum atomic E-state index is 10.3. The van der Waals surface area contributed by atoms with Crippen molar-refractivity contribution in [3.63, 3.8) is 0 Å². The first-order valence-electron chi connectivity index (χ1n) is 8.81. The van der Waals surface area contributed by atoms with Crippen LogP contribution in [0.15, 0.2) is 29.9 Å². The molecular formula is C29H62O2. The van der Waals surface area contributed by atoms with Gasteiger partial charge in [-0.25, -0.2) is 0 Å². The second kappa shape index (κ2) is 21.5. The Bertz CT molecular complexity index is 595. The molecule has 1 aromatic rings. The van der Waals surface area contributed by atoms with E-state index in [2.05, 4.69) is 45.9 Å². The molecule has 0 aliphatic carbocycles. The molecule has 0 saturated carbocycles. The Morgan fingerprint density at radius 1 is 0.968 bits per heavy atom. The van der Waals surface area contributed by atoms with Gasteiger partial charge in [0.15, 0.2) is 0 Å². The molecule has 1 N–H and O–H groups in total. The number of hydrogen-bond acceptors (Lipinski definition) is 2. The highest BCUT2D eigenvalue weighted by atomic mass is 16.5. The summed E-state index contributed by atoms with van der Waals surface area (Å²) in [5.74, 6) is 1.15. The number of ether oxygens (including phenoxy) is 1. The lowest BCUT2D eigenvalue weighted by Crippen LogP contribution is -2.31. The van der Waals surface area contributed by atoms with Crippen molar-refractivity contribution < 1.29 is 9.84 Å². The first kappa shape index (κ1) is 47.2. The van der Waals surface area contributed by atoms with Gasteiger partial charge in [-0.1, -0.05) is 90.8 Å². The van der Waals surface area contributed by atoms with Crippen molar-refractivity contribution in [1.82, 2.24) is 0 Å². The van der Waals surface area contributed by atoms with E-state index in [1.54, 1.807) is 0 Å². The molecule has 1 unspecified atom stereocenters. The smallest absolute Gasteiger partial charge is 0.131 e.